The van der Waals surface area contributed by atoms with Crippen molar-refractivity contribution < 1.29 is 80.2 Å². The smallest absolute Gasteiger partial charge is 0.462 e. The van der Waals surface area contributed by atoms with Gasteiger partial charge < -0.3 is 33.8 Å². The zero-order valence-electron chi connectivity index (χ0n) is 63.0. The molecule has 0 aromatic carbocycles. The van der Waals surface area contributed by atoms with Crippen LogP contribution in [0, 0.1) is 17.8 Å². The number of esters is 4. The minimum atomic E-state index is -4.97. The maximum atomic E-state index is 13.1. The molecule has 0 amide bonds. The van der Waals surface area contributed by atoms with Crippen LogP contribution in [-0.4, -0.2) is 96.7 Å². The third kappa shape index (κ3) is 71.7. The molecule has 97 heavy (non-hydrogen) atoms. The Morgan fingerprint density at radius 1 is 0.320 bits per heavy atom. The molecule has 17 nitrogen and oxygen atoms in total. The largest absolute Gasteiger partial charge is 0.472 e. The average Bonchev–Trinajstić information content (AvgIpc) is 1.20. The number of hydrogen-bond donors (Lipinski definition) is 3. The SMILES string of the molecule is CCCCCC/C=C\C=C/CCCCCCCC(=O)OC[C@H](COP(=O)(O)OCC(O)COP(=O)(O)OC[C@@H](COC(=O)CCCCCCCCCC(C)C)OC(=O)CCCCCCCCCCCCCCCCC(C)C)OC(=O)CCCCCCCCCCCCCCC(C)C. The number of carbonyl (C=O) groups is 4. The molecule has 3 N–H and O–H groups in total. The zero-order valence-corrected chi connectivity index (χ0v) is 64.8. The minimum absolute atomic E-state index is 0.0997. The number of rotatable bonds is 74. The number of phosphoric acid groups is 2. The van der Waals surface area contributed by atoms with Gasteiger partial charge >= 0.3 is 39.5 Å². The lowest BCUT2D eigenvalue weighted by Crippen LogP contribution is -2.30. The Bertz CT molecular complexity index is 1980. The van der Waals surface area contributed by atoms with Crippen LogP contribution in [0.1, 0.15) is 376 Å². The van der Waals surface area contributed by atoms with Gasteiger partial charge in [0.1, 0.15) is 19.3 Å². The molecule has 572 valence electrons. The molecule has 0 saturated carbocycles. The molecule has 0 heterocycles. The molecular weight excluding hydrogens is 1270 g/mol. The summed E-state index contributed by atoms with van der Waals surface area (Å²) in [5, 5.41) is 10.6. The summed E-state index contributed by atoms with van der Waals surface area (Å²) in [7, 11) is -9.93. The molecule has 0 fully saturated rings. The van der Waals surface area contributed by atoms with Crippen molar-refractivity contribution in [1.29, 1.82) is 0 Å². The minimum Gasteiger partial charge on any atom is -0.462 e. The van der Waals surface area contributed by atoms with Crippen LogP contribution in [0.4, 0.5) is 0 Å². The maximum Gasteiger partial charge on any atom is 0.472 e. The fraction of sp³-hybridized carbons (Fsp3) is 0.897. The van der Waals surface area contributed by atoms with Crippen LogP contribution < -0.4 is 0 Å². The Balaban J connectivity index is 5.28. The lowest BCUT2D eigenvalue weighted by Gasteiger charge is -2.21. The van der Waals surface area contributed by atoms with Gasteiger partial charge in [-0.3, -0.25) is 37.3 Å². The molecule has 0 spiro atoms. The predicted molar refractivity (Wildman–Crippen MR) is 395 cm³/mol. The maximum absolute atomic E-state index is 13.1. The Morgan fingerprint density at radius 3 is 0.835 bits per heavy atom. The van der Waals surface area contributed by atoms with Gasteiger partial charge in [-0.05, 0) is 69.1 Å². The van der Waals surface area contributed by atoms with E-state index in [1.54, 1.807) is 0 Å². The summed E-state index contributed by atoms with van der Waals surface area (Å²) in [6, 6.07) is 0. The summed E-state index contributed by atoms with van der Waals surface area (Å²) >= 11 is 0. The van der Waals surface area contributed by atoms with Crippen molar-refractivity contribution in [3.05, 3.63) is 24.3 Å². The molecule has 0 aromatic rings. The molecule has 0 bridgehead atoms. The van der Waals surface area contributed by atoms with E-state index in [1.165, 1.54) is 161 Å². The molecule has 5 atom stereocenters. The molecule has 19 heteroatoms. The fourth-order valence-electron chi connectivity index (χ4n) is 11.4. The van der Waals surface area contributed by atoms with Gasteiger partial charge in [-0.2, -0.15) is 0 Å². The zero-order chi connectivity index (χ0) is 71.6. The van der Waals surface area contributed by atoms with Crippen LogP contribution in [-0.2, 0) is 65.4 Å². The van der Waals surface area contributed by atoms with E-state index >= 15 is 0 Å². The van der Waals surface area contributed by atoms with Crippen molar-refractivity contribution in [2.24, 2.45) is 17.8 Å². The van der Waals surface area contributed by atoms with E-state index in [0.717, 1.165) is 127 Å². The number of carbonyl (C=O) groups excluding carboxylic acids is 4. The van der Waals surface area contributed by atoms with Crippen LogP contribution in [0.3, 0.4) is 0 Å². The highest BCUT2D eigenvalue weighted by Crippen LogP contribution is 2.45. The summed E-state index contributed by atoms with van der Waals surface area (Å²) in [6.07, 6.45) is 57.7. The van der Waals surface area contributed by atoms with E-state index in [0.29, 0.717) is 31.6 Å². The molecule has 0 aromatic heterocycles. The molecule has 0 aliphatic heterocycles. The standard InChI is InChI=1S/C78H148O17P2/c1-8-9-10-11-12-13-14-15-16-20-26-31-38-45-52-59-75(80)88-65-73(94-78(83)62-55-48-40-33-28-23-22-25-30-36-43-50-57-70(4)5)67-92-96(84,85)90-63-72(79)64-91-97(86,87)93-68-74(66-89-76(81)60-53-46-41-34-37-44-51-58-71(6)7)95-77(82)61-54-47-39-32-27-21-18-17-19-24-29-35-42-49-56-69(2)3/h13-16,69-74,79H,8-12,17-68H2,1-7H3,(H,84,85)(H,86,87)/b14-13-,16-15-/t72?,73-,74-/m1/s1. The quantitative estimate of drug-likeness (QED) is 0.0169. The summed E-state index contributed by atoms with van der Waals surface area (Å²) in [5.74, 6) is 0.125. The number of aliphatic hydroxyl groups is 1. The Morgan fingerprint density at radius 2 is 0.557 bits per heavy atom. The second-order valence-electron chi connectivity index (χ2n) is 28.8. The third-order valence-electron chi connectivity index (χ3n) is 17.5. The van der Waals surface area contributed by atoms with Gasteiger partial charge in [0.2, 0.25) is 0 Å². The Hall–Kier alpha value is -2.46. The van der Waals surface area contributed by atoms with E-state index in [9.17, 15) is 43.2 Å². The fourth-order valence-corrected chi connectivity index (χ4v) is 13.0. The monoisotopic (exact) mass is 1420 g/mol. The van der Waals surface area contributed by atoms with Crippen molar-refractivity contribution in [2.45, 2.75) is 394 Å². The third-order valence-corrected chi connectivity index (χ3v) is 19.4. The predicted octanol–water partition coefficient (Wildman–Crippen LogP) is 22.5. The lowest BCUT2D eigenvalue weighted by atomic mass is 10.0. The highest BCUT2D eigenvalue weighted by atomic mass is 31.2. The molecule has 0 aliphatic carbocycles. The molecule has 0 aliphatic rings. The summed E-state index contributed by atoms with van der Waals surface area (Å²) in [6.45, 7) is 11.8. The first-order valence-corrected chi connectivity index (χ1v) is 42.7. The second kappa shape index (κ2) is 68.0. The molecular formula is C78H148O17P2. The van der Waals surface area contributed by atoms with E-state index < -0.39 is 97.5 Å². The van der Waals surface area contributed by atoms with E-state index in [4.69, 9.17) is 37.0 Å². The second-order valence-corrected chi connectivity index (χ2v) is 31.7. The lowest BCUT2D eigenvalue weighted by molar-refractivity contribution is -0.161. The topological polar surface area (TPSA) is 237 Å². The molecule has 0 radical (unpaired) electrons. The van der Waals surface area contributed by atoms with Crippen LogP contribution in [0.5, 0.6) is 0 Å². The number of phosphoric ester groups is 2. The average molecular weight is 1420 g/mol. The number of hydrogen-bond acceptors (Lipinski definition) is 15. The van der Waals surface area contributed by atoms with Crippen LogP contribution in [0.2, 0.25) is 0 Å². The van der Waals surface area contributed by atoms with Crippen molar-refractivity contribution in [2.75, 3.05) is 39.6 Å². The van der Waals surface area contributed by atoms with Crippen molar-refractivity contribution >= 4 is 39.5 Å². The first kappa shape index (κ1) is 94.5. The van der Waals surface area contributed by atoms with Crippen LogP contribution in [0.25, 0.3) is 0 Å². The van der Waals surface area contributed by atoms with Gasteiger partial charge in [0.15, 0.2) is 12.2 Å². The summed E-state index contributed by atoms with van der Waals surface area (Å²) < 4.78 is 68.6. The number of aliphatic hydroxyl groups excluding tert-OH is 1. The first-order chi connectivity index (χ1) is 46.7. The summed E-state index contributed by atoms with van der Waals surface area (Å²) in [5.41, 5.74) is 0. The van der Waals surface area contributed by atoms with E-state index in [-0.39, 0.29) is 25.7 Å². The van der Waals surface area contributed by atoms with Crippen molar-refractivity contribution in [3.63, 3.8) is 0 Å². The van der Waals surface area contributed by atoms with Crippen molar-refractivity contribution in [1.82, 2.24) is 0 Å². The Labute approximate surface area is 592 Å². The first-order valence-electron chi connectivity index (χ1n) is 39.7. The van der Waals surface area contributed by atoms with Gasteiger partial charge in [-0.25, -0.2) is 9.13 Å². The Kier molecular flexibility index (Phi) is 66.3. The van der Waals surface area contributed by atoms with E-state index in [2.05, 4.69) is 72.8 Å². The molecule has 3 unspecified atom stereocenters. The molecule has 0 rings (SSSR count). The van der Waals surface area contributed by atoms with Crippen molar-refractivity contribution in [3.8, 4) is 0 Å². The number of ether oxygens (including phenoxy) is 4. The summed E-state index contributed by atoms with van der Waals surface area (Å²) in [4.78, 5) is 72.9. The van der Waals surface area contributed by atoms with Crippen LogP contribution >= 0.6 is 15.6 Å². The highest BCUT2D eigenvalue weighted by molar-refractivity contribution is 7.47. The molecule has 0 saturated heterocycles. The number of unbranched alkanes of at least 4 members (excludes halogenated alkanes) is 39. The van der Waals surface area contributed by atoms with Gasteiger partial charge in [-0.1, -0.05) is 323 Å². The van der Waals surface area contributed by atoms with Gasteiger partial charge in [0.25, 0.3) is 0 Å². The normalized spacial score (nSPS) is 14.2. The number of allylic oxidation sites excluding steroid dienone is 4. The van der Waals surface area contributed by atoms with Gasteiger partial charge in [0, 0.05) is 25.7 Å². The van der Waals surface area contributed by atoms with Gasteiger partial charge in [-0.15, -0.1) is 0 Å². The van der Waals surface area contributed by atoms with Crippen LogP contribution in [0.15, 0.2) is 24.3 Å². The van der Waals surface area contributed by atoms with Gasteiger partial charge in [0.05, 0.1) is 26.4 Å². The van der Waals surface area contributed by atoms with E-state index in [1.807, 2.05) is 0 Å². The highest BCUT2D eigenvalue weighted by Gasteiger charge is 2.30.